The van der Waals surface area contributed by atoms with Crippen LogP contribution in [0.2, 0.25) is 0 Å². The molecule has 140 valence electrons. The summed E-state index contributed by atoms with van der Waals surface area (Å²) in [5.41, 5.74) is 0. The van der Waals surface area contributed by atoms with E-state index in [2.05, 4.69) is 56.7 Å². The van der Waals surface area contributed by atoms with Crippen molar-refractivity contribution in [3.8, 4) is 0 Å². The predicted octanol–water partition coefficient (Wildman–Crippen LogP) is 2.11. The van der Waals surface area contributed by atoms with E-state index < -0.39 is 0 Å². The molecule has 5 nitrogen and oxygen atoms in total. The van der Waals surface area contributed by atoms with Crippen LogP contribution in [0.1, 0.15) is 54.4 Å². The number of ether oxygens (including phenoxy) is 1. The van der Waals surface area contributed by atoms with Gasteiger partial charge in [0, 0.05) is 38.3 Å². The van der Waals surface area contributed by atoms with Crippen molar-refractivity contribution in [3.63, 3.8) is 0 Å². The molecule has 0 aromatic carbocycles. The molecule has 1 N–H and O–H groups in total. The minimum atomic E-state index is -0.0628. The molecule has 1 heterocycles. The van der Waals surface area contributed by atoms with Gasteiger partial charge in [-0.1, -0.05) is 13.8 Å². The number of nitrogens with one attached hydrogen (secondary N) is 1. The van der Waals surface area contributed by atoms with Crippen molar-refractivity contribution < 1.29 is 9.53 Å². The van der Waals surface area contributed by atoms with E-state index in [1.54, 1.807) is 0 Å². The van der Waals surface area contributed by atoms with Crippen molar-refractivity contribution in [2.24, 2.45) is 5.92 Å². The zero-order valence-electron chi connectivity index (χ0n) is 16.4. The van der Waals surface area contributed by atoms with E-state index in [9.17, 15) is 4.79 Å². The zero-order valence-corrected chi connectivity index (χ0v) is 16.4. The number of carbonyl (C=O) groups is 1. The summed E-state index contributed by atoms with van der Waals surface area (Å²) < 4.78 is 5.82. The Morgan fingerprint density at radius 3 is 2.21 bits per heavy atom. The van der Waals surface area contributed by atoms with Crippen LogP contribution in [0, 0.1) is 5.92 Å². The van der Waals surface area contributed by atoms with E-state index in [1.165, 1.54) is 12.8 Å². The lowest BCUT2D eigenvalue weighted by molar-refractivity contribution is -0.135. The van der Waals surface area contributed by atoms with Crippen molar-refractivity contribution in [1.29, 1.82) is 0 Å². The predicted molar refractivity (Wildman–Crippen MR) is 98.1 cm³/mol. The second kappa shape index (κ2) is 8.63. The monoisotopic (exact) mass is 339 g/mol. The number of morpholine rings is 1. The standard InChI is InChI=1S/C19H37N3O2/c1-13(2)18(21-11-15(5)24-16(6)12-21)19(23)20-9-10-22(14(3)4)17-7-8-17/h13-18H,7-12H2,1-6H3,(H,20,23). The van der Waals surface area contributed by atoms with Crippen molar-refractivity contribution in [2.45, 2.75) is 84.7 Å². The molecule has 1 aliphatic heterocycles. The number of amides is 1. The molecule has 2 rings (SSSR count). The third-order valence-electron chi connectivity index (χ3n) is 5.09. The third-order valence-corrected chi connectivity index (χ3v) is 5.09. The number of hydrogen-bond acceptors (Lipinski definition) is 4. The molecule has 1 amide bonds. The highest BCUT2D eigenvalue weighted by molar-refractivity contribution is 5.82. The Bertz CT molecular complexity index is 397. The van der Waals surface area contributed by atoms with Gasteiger partial charge in [0.05, 0.1) is 18.2 Å². The molecular formula is C19H37N3O2. The van der Waals surface area contributed by atoms with Gasteiger partial charge < -0.3 is 10.1 Å². The number of hydrogen-bond donors (Lipinski definition) is 1. The Balaban J connectivity index is 1.87. The highest BCUT2D eigenvalue weighted by atomic mass is 16.5. The first kappa shape index (κ1) is 19.7. The van der Waals surface area contributed by atoms with Crippen molar-refractivity contribution in [2.75, 3.05) is 26.2 Å². The van der Waals surface area contributed by atoms with Crippen LogP contribution >= 0.6 is 0 Å². The average molecular weight is 340 g/mol. The summed E-state index contributed by atoms with van der Waals surface area (Å²) in [6.07, 6.45) is 3.00. The van der Waals surface area contributed by atoms with Gasteiger partial charge >= 0.3 is 0 Å². The van der Waals surface area contributed by atoms with Gasteiger partial charge in [-0.25, -0.2) is 0 Å². The minimum Gasteiger partial charge on any atom is -0.373 e. The van der Waals surface area contributed by atoms with Gasteiger partial charge in [-0.15, -0.1) is 0 Å². The molecule has 0 spiro atoms. The Labute approximate surface area is 148 Å². The third kappa shape index (κ3) is 5.43. The smallest absolute Gasteiger partial charge is 0.237 e. The summed E-state index contributed by atoms with van der Waals surface area (Å²) in [6.45, 7) is 16.3. The summed E-state index contributed by atoms with van der Waals surface area (Å²) in [5, 5.41) is 3.20. The van der Waals surface area contributed by atoms with Crippen LogP contribution in [0.5, 0.6) is 0 Å². The molecule has 0 aromatic rings. The Hall–Kier alpha value is -0.650. The molecule has 2 aliphatic rings. The quantitative estimate of drug-likeness (QED) is 0.736. The minimum absolute atomic E-state index is 0.0628. The number of nitrogens with zero attached hydrogens (tertiary/aromatic N) is 2. The summed E-state index contributed by atoms with van der Waals surface area (Å²) >= 11 is 0. The van der Waals surface area contributed by atoms with Crippen LogP contribution in [0.15, 0.2) is 0 Å². The lowest BCUT2D eigenvalue weighted by atomic mass is 9.99. The maximum atomic E-state index is 12.8. The van der Waals surface area contributed by atoms with E-state index >= 15 is 0 Å². The summed E-state index contributed by atoms with van der Waals surface area (Å²) in [4.78, 5) is 17.6. The molecule has 1 saturated carbocycles. The molecule has 0 aromatic heterocycles. The van der Waals surface area contributed by atoms with Crippen LogP contribution in [0.4, 0.5) is 0 Å². The molecular weight excluding hydrogens is 302 g/mol. The maximum absolute atomic E-state index is 12.8. The zero-order chi connectivity index (χ0) is 17.9. The fourth-order valence-electron chi connectivity index (χ4n) is 4.02. The molecule has 1 aliphatic carbocycles. The van der Waals surface area contributed by atoms with E-state index in [4.69, 9.17) is 4.74 Å². The van der Waals surface area contributed by atoms with Gasteiger partial charge in [0.25, 0.3) is 0 Å². The fraction of sp³-hybridized carbons (Fsp3) is 0.947. The van der Waals surface area contributed by atoms with Gasteiger partial charge in [-0.2, -0.15) is 0 Å². The SMILES string of the molecule is CC1CN(C(C(=O)NCCN(C(C)C)C2CC2)C(C)C)CC(C)O1. The molecule has 5 heteroatoms. The van der Waals surface area contributed by atoms with E-state index in [1.807, 2.05) is 0 Å². The van der Waals surface area contributed by atoms with Gasteiger partial charge in [0.2, 0.25) is 5.91 Å². The van der Waals surface area contributed by atoms with Gasteiger partial charge in [-0.05, 0) is 46.5 Å². The van der Waals surface area contributed by atoms with Crippen LogP contribution in [0.3, 0.4) is 0 Å². The molecule has 1 saturated heterocycles. The van der Waals surface area contributed by atoms with Crippen LogP contribution in [-0.2, 0) is 9.53 Å². The van der Waals surface area contributed by atoms with Gasteiger partial charge in [-0.3, -0.25) is 14.6 Å². The number of rotatable bonds is 8. The van der Waals surface area contributed by atoms with Crippen molar-refractivity contribution in [1.82, 2.24) is 15.1 Å². The largest absolute Gasteiger partial charge is 0.373 e. The van der Waals surface area contributed by atoms with Crippen LogP contribution in [-0.4, -0.2) is 72.2 Å². The Kier molecular flexibility index (Phi) is 7.08. The summed E-state index contributed by atoms with van der Waals surface area (Å²) in [7, 11) is 0. The van der Waals surface area contributed by atoms with Crippen LogP contribution < -0.4 is 5.32 Å². The van der Waals surface area contributed by atoms with Crippen LogP contribution in [0.25, 0.3) is 0 Å². The molecule has 2 fully saturated rings. The lowest BCUT2D eigenvalue weighted by Gasteiger charge is -2.41. The first-order valence-electron chi connectivity index (χ1n) is 9.72. The van der Waals surface area contributed by atoms with Gasteiger partial charge in [0.1, 0.15) is 0 Å². The van der Waals surface area contributed by atoms with Gasteiger partial charge in [0.15, 0.2) is 0 Å². The highest BCUT2D eigenvalue weighted by Gasteiger charge is 2.34. The first-order valence-corrected chi connectivity index (χ1v) is 9.72. The maximum Gasteiger partial charge on any atom is 0.237 e. The molecule has 3 atom stereocenters. The topological polar surface area (TPSA) is 44.8 Å². The second-order valence-corrected chi connectivity index (χ2v) is 8.25. The second-order valence-electron chi connectivity index (χ2n) is 8.25. The molecule has 24 heavy (non-hydrogen) atoms. The fourth-order valence-corrected chi connectivity index (χ4v) is 4.02. The summed E-state index contributed by atoms with van der Waals surface area (Å²) in [5.74, 6) is 0.470. The van der Waals surface area contributed by atoms with Crippen molar-refractivity contribution in [3.05, 3.63) is 0 Å². The van der Waals surface area contributed by atoms with Crippen molar-refractivity contribution >= 4 is 5.91 Å². The summed E-state index contributed by atoms with van der Waals surface area (Å²) in [6, 6.07) is 1.23. The molecule has 0 bridgehead atoms. The number of carbonyl (C=O) groups excluding carboxylic acids is 1. The Morgan fingerprint density at radius 2 is 1.75 bits per heavy atom. The normalized spacial score (nSPS) is 27.0. The Morgan fingerprint density at radius 1 is 1.17 bits per heavy atom. The lowest BCUT2D eigenvalue weighted by Crippen LogP contribution is -2.57. The average Bonchev–Trinajstić information content (AvgIpc) is 3.26. The van der Waals surface area contributed by atoms with E-state index in [0.717, 1.165) is 32.2 Å². The van der Waals surface area contributed by atoms with E-state index in [0.29, 0.717) is 12.0 Å². The molecule has 0 radical (unpaired) electrons. The first-order chi connectivity index (χ1) is 11.3. The highest BCUT2D eigenvalue weighted by Crippen LogP contribution is 2.28. The molecule has 3 unspecified atom stereocenters. The van der Waals surface area contributed by atoms with E-state index in [-0.39, 0.29) is 24.2 Å².